The van der Waals surface area contributed by atoms with Gasteiger partial charge in [0, 0.05) is 72.0 Å². The summed E-state index contributed by atoms with van der Waals surface area (Å²) in [5.74, 6) is -0.571. The van der Waals surface area contributed by atoms with Crippen LogP contribution in [0.3, 0.4) is 0 Å². The van der Waals surface area contributed by atoms with E-state index in [2.05, 4.69) is 17.2 Å². The molecule has 0 aromatic heterocycles. The standard InChI is InChI=1S/C46H55ClN2O11/c1-30(2)42(52)57-32-15-18-36-38(28-32)59-39-29-33(58-44(54)45(3,4)5)16-19-37(39)46(36)35-17-14-31(27-34(35)43(53)60-46)41(51)49-21-11-8-9-13-40(50)48-22-24-56-26-25-55-23-12-7-6-10-20-47/h14-19,27-29H,1,6-13,20-26H2,2-5H3,(H,48,50)(H,49,51). The van der Waals surface area contributed by atoms with Crippen molar-refractivity contribution in [3.8, 4) is 23.0 Å². The number of fused-ring (bicyclic) bond motifs is 6. The Morgan fingerprint density at radius 3 is 2.03 bits per heavy atom. The smallest absolute Gasteiger partial charge is 0.340 e. The van der Waals surface area contributed by atoms with Crippen LogP contribution in [0.2, 0.25) is 0 Å². The van der Waals surface area contributed by atoms with Gasteiger partial charge in [0.25, 0.3) is 5.91 Å². The Balaban J connectivity index is 1.16. The van der Waals surface area contributed by atoms with Gasteiger partial charge in [-0.3, -0.25) is 14.4 Å². The van der Waals surface area contributed by atoms with E-state index < -0.39 is 28.9 Å². The van der Waals surface area contributed by atoms with Crippen molar-refractivity contribution in [1.82, 2.24) is 10.6 Å². The Kier molecular flexibility index (Phi) is 16.3. The summed E-state index contributed by atoms with van der Waals surface area (Å²) in [4.78, 5) is 64.3. The molecule has 2 heterocycles. The van der Waals surface area contributed by atoms with E-state index in [-0.39, 0.29) is 51.5 Å². The van der Waals surface area contributed by atoms with Crippen LogP contribution in [0.15, 0.2) is 66.7 Å². The second-order valence-electron chi connectivity index (χ2n) is 15.8. The van der Waals surface area contributed by atoms with Crippen LogP contribution in [-0.4, -0.2) is 75.1 Å². The molecule has 2 aliphatic rings. The van der Waals surface area contributed by atoms with E-state index in [1.807, 2.05) is 0 Å². The molecule has 2 aliphatic heterocycles. The van der Waals surface area contributed by atoms with Crippen molar-refractivity contribution in [3.05, 3.63) is 94.6 Å². The maximum atomic E-state index is 13.7. The minimum Gasteiger partial charge on any atom is -0.456 e. The number of carbonyl (C=O) groups excluding carboxylic acids is 5. The van der Waals surface area contributed by atoms with Crippen molar-refractivity contribution in [3.63, 3.8) is 0 Å². The highest BCUT2D eigenvalue weighted by Crippen LogP contribution is 2.57. The SMILES string of the molecule is C=C(C)C(=O)Oc1ccc2c(c1)Oc1cc(OC(=O)C(C)(C)C)ccc1C21OC(=O)c2cc(C(=O)NCCCCCC(=O)NCCOCCOCCCCCCCl)ccc21. The van der Waals surface area contributed by atoms with E-state index in [1.165, 1.54) is 19.1 Å². The first-order chi connectivity index (χ1) is 28.7. The number of hydrogen-bond acceptors (Lipinski definition) is 11. The fourth-order valence-electron chi connectivity index (χ4n) is 6.63. The average Bonchev–Trinajstić information content (AvgIpc) is 3.50. The molecular weight excluding hydrogens is 792 g/mol. The average molecular weight is 847 g/mol. The molecule has 2 N–H and O–H groups in total. The minimum absolute atomic E-state index is 0.0514. The second kappa shape index (κ2) is 21.3. The van der Waals surface area contributed by atoms with Crippen molar-refractivity contribution in [2.75, 3.05) is 45.4 Å². The number of hydrogen-bond donors (Lipinski definition) is 2. The van der Waals surface area contributed by atoms with Crippen molar-refractivity contribution in [1.29, 1.82) is 0 Å². The van der Waals surface area contributed by atoms with Crippen LogP contribution >= 0.6 is 11.6 Å². The number of rotatable bonds is 22. The Hall–Kier alpha value is -5.24. The van der Waals surface area contributed by atoms with Crippen LogP contribution in [-0.2, 0) is 34.2 Å². The lowest BCUT2D eigenvalue weighted by atomic mass is 9.77. The zero-order valence-corrected chi connectivity index (χ0v) is 35.6. The van der Waals surface area contributed by atoms with E-state index in [9.17, 15) is 24.0 Å². The van der Waals surface area contributed by atoms with Crippen molar-refractivity contribution < 1.29 is 52.4 Å². The molecule has 1 spiro atoms. The summed E-state index contributed by atoms with van der Waals surface area (Å²) >= 11 is 5.68. The number of unbranched alkanes of at least 4 members (excludes halogenated alkanes) is 5. The van der Waals surface area contributed by atoms with Crippen molar-refractivity contribution in [2.45, 2.75) is 84.7 Å². The normalized spacial score (nSPS) is 14.9. The molecule has 1 unspecified atom stereocenters. The maximum Gasteiger partial charge on any atom is 0.340 e. The van der Waals surface area contributed by atoms with Crippen molar-refractivity contribution >= 4 is 41.3 Å². The molecule has 322 valence electrons. The molecule has 0 fully saturated rings. The number of amides is 2. The minimum atomic E-state index is -1.51. The third-order valence-electron chi connectivity index (χ3n) is 9.87. The lowest BCUT2D eigenvalue weighted by Gasteiger charge is -2.36. The molecule has 14 heteroatoms. The highest BCUT2D eigenvalue weighted by molar-refractivity contribution is 6.17. The first kappa shape index (κ1) is 45.8. The van der Waals surface area contributed by atoms with Crippen LogP contribution in [0.25, 0.3) is 0 Å². The summed E-state index contributed by atoms with van der Waals surface area (Å²) in [6.45, 7) is 13.3. The number of alkyl halides is 1. The zero-order chi connectivity index (χ0) is 43.3. The zero-order valence-electron chi connectivity index (χ0n) is 34.9. The lowest BCUT2D eigenvalue weighted by Crippen LogP contribution is -2.33. The Labute approximate surface area is 356 Å². The summed E-state index contributed by atoms with van der Waals surface area (Å²) in [5, 5.41) is 5.76. The van der Waals surface area contributed by atoms with Crippen LogP contribution in [0.5, 0.6) is 23.0 Å². The number of nitrogens with one attached hydrogen (secondary N) is 2. The quantitative estimate of drug-likeness (QED) is 0.0332. The molecule has 0 saturated carbocycles. The molecule has 0 radical (unpaired) electrons. The van der Waals surface area contributed by atoms with E-state index in [4.69, 9.17) is 40.0 Å². The largest absolute Gasteiger partial charge is 0.456 e. The lowest BCUT2D eigenvalue weighted by molar-refractivity contribution is -0.143. The van der Waals surface area contributed by atoms with Crippen LogP contribution in [0.4, 0.5) is 0 Å². The molecular formula is C46H55ClN2O11. The summed E-state index contributed by atoms with van der Waals surface area (Å²) in [5.41, 5.74) is -0.223. The van der Waals surface area contributed by atoms with Crippen LogP contribution in [0, 0.1) is 5.41 Å². The monoisotopic (exact) mass is 846 g/mol. The number of ether oxygens (including phenoxy) is 6. The van der Waals surface area contributed by atoms with Gasteiger partial charge in [0.2, 0.25) is 5.91 Å². The molecule has 3 aromatic carbocycles. The fraction of sp³-hybridized carbons (Fsp3) is 0.457. The topological polar surface area (TPSA) is 165 Å². The Morgan fingerprint density at radius 1 is 0.733 bits per heavy atom. The van der Waals surface area contributed by atoms with Crippen LogP contribution in [0.1, 0.15) is 116 Å². The second-order valence-corrected chi connectivity index (χ2v) is 16.2. The van der Waals surface area contributed by atoms with Gasteiger partial charge in [-0.25, -0.2) is 9.59 Å². The highest BCUT2D eigenvalue weighted by atomic mass is 35.5. The molecule has 0 bridgehead atoms. The first-order valence-electron chi connectivity index (χ1n) is 20.5. The summed E-state index contributed by atoms with van der Waals surface area (Å²) in [6, 6.07) is 14.4. The van der Waals surface area contributed by atoms with E-state index in [1.54, 1.807) is 63.2 Å². The summed E-state index contributed by atoms with van der Waals surface area (Å²) in [7, 11) is 0. The fourth-order valence-corrected chi connectivity index (χ4v) is 6.82. The van der Waals surface area contributed by atoms with Gasteiger partial charge in [0.15, 0.2) is 5.60 Å². The molecule has 2 amide bonds. The number of benzene rings is 3. The highest BCUT2D eigenvalue weighted by Gasteiger charge is 2.54. The number of halogens is 1. The molecule has 13 nitrogen and oxygen atoms in total. The van der Waals surface area contributed by atoms with E-state index in [0.29, 0.717) is 81.3 Å². The van der Waals surface area contributed by atoms with E-state index in [0.717, 1.165) is 32.1 Å². The molecule has 5 rings (SSSR count). The molecule has 3 aromatic rings. The van der Waals surface area contributed by atoms with Gasteiger partial charge in [-0.2, -0.15) is 0 Å². The predicted molar refractivity (Wildman–Crippen MR) is 225 cm³/mol. The summed E-state index contributed by atoms with van der Waals surface area (Å²) < 4.78 is 34.8. The number of carbonyl (C=O) groups is 5. The third-order valence-corrected chi connectivity index (χ3v) is 10.1. The van der Waals surface area contributed by atoms with Gasteiger partial charge in [-0.1, -0.05) is 31.9 Å². The molecule has 0 saturated heterocycles. The van der Waals surface area contributed by atoms with Gasteiger partial charge in [-0.05, 0) is 89.8 Å². The first-order valence-corrected chi connectivity index (χ1v) is 21.0. The van der Waals surface area contributed by atoms with Crippen molar-refractivity contribution in [2.24, 2.45) is 5.41 Å². The Bertz CT molecular complexity index is 2060. The van der Waals surface area contributed by atoms with Gasteiger partial charge in [0.1, 0.15) is 23.0 Å². The molecule has 1 atom stereocenters. The summed E-state index contributed by atoms with van der Waals surface area (Å²) in [6.07, 6.45) is 6.72. The van der Waals surface area contributed by atoms with Gasteiger partial charge < -0.3 is 39.1 Å². The molecule has 0 aliphatic carbocycles. The third kappa shape index (κ3) is 11.7. The number of esters is 3. The maximum absolute atomic E-state index is 13.7. The van der Waals surface area contributed by atoms with Gasteiger partial charge in [-0.15, -0.1) is 11.6 Å². The van der Waals surface area contributed by atoms with E-state index >= 15 is 0 Å². The van der Waals surface area contributed by atoms with Gasteiger partial charge in [0.05, 0.1) is 30.8 Å². The Morgan fingerprint density at radius 2 is 1.37 bits per heavy atom. The van der Waals surface area contributed by atoms with Crippen LogP contribution < -0.4 is 24.8 Å². The molecule has 60 heavy (non-hydrogen) atoms. The predicted octanol–water partition coefficient (Wildman–Crippen LogP) is 7.93. The van der Waals surface area contributed by atoms with Gasteiger partial charge >= 0.3 is 17.9 Å².